The van der Waals surface area contributed by atoms with E-state index in [9.17, 15) is 26.4 Å². The largest absolute Gasteiger partial charge is 0.433 e. The first kappa shape index (κ1) is 22.6. The Morgan fingerprint density at radius 2 is 1.90 bits per heavy atom. The Labute approximate surface area is 166 Å². The van der Waals surface area contributed by atoms with Crippen molar-refractivity contribution in [1.82, 2.24) is 10.3 Å². The Kier molecular flexibility index (Phi) is 7.20. The summed E-state index contributed by atoms with van der Waals surface area (Å²) in [6.45, 7) is 0.0440. The molecule has 0 bridgehead atoms. The van der Waals surface area contributed by atoms with E-state index < -0.39 is 27.6 Å². The van der Waals surface area contributed by atoms with Gasteiger partial charge in [0.15, 0.2) is 0 Å². The second-order valence-electron chi connectivity index (χ2n) is 6.39. The lowest BCUT2D eigenvalue weighted by Crippen LogP contribution is -2.28. The van der Waals surface area contributed by atoms with Crippen LogP contribution in [0.3, 0.4) is 0 Å². The highest BCUT2D eigenvalue weighted by Crippen LogP contribution is 2.29. The maximum atomic E-state index is 13.0. The van der Waals surface area contributed by atoms with Crippen molar-refractivity contribution < 1.29 is 26.4 Å². The minimum absolute atomic E-state index is 0.0169. The predicted molar refractivity (Wildman–Crippen MR) is 103 cm³/mol. The number of anilines is 1. The quantitative estimate of drug-likeness (QED) is 0.590. The molecule has 1 amide bonds. The smallest absolute Gasteiger partial charge is 0.366 e. The highest BCUT2D eigenvalue weighted by atomic mass is 32.2. The number of halogens is 3. The molecular formula is C18H21F3N4O3S. The van der Waals surface area contributed by atoms with Crippen LogP contribution >= 0.6 is 0 Å². The van der Waals surface area contributed by atoms with Gasteiger partial charge < -0.3 is 16.4 Å². The summed E-state index contributed by atoms with van der Waals surface area (Å²) in [6, 6.07) is 8.74. The number of nitrogens with zero attached hydrogens (tertiary/aromatic N) is 1. The van der Waals surface area contributed by atoms with Crippen LogP contribution < -0.4 is 16.4 Å². The molecular weight excluding hydrogens is 409 g/mol. The molecule has 0 aliphatic carbocycles. The summed E-state index contributed by atoms with van der Waals surface area (Å²) in [5.74, 6) is -0.605. The van der Waals surface area contributed by atoms with E-state index in [0.29, 0.717) is 11.1 Å². The molecule has 2 aromatic rings. The monoisotopic (exact) mass is 430 g/mol. The Balaban J connectivity index is 2.06. The number of carbonyl (C=O) groups excluding carboxylic acids is 1. The highest BCUT2D eigenvalue weighted by molar-refractivity contribution is 7.90. The first-order valence-corrected chi connectivity index (χ1v) is 10.6. The Morgan fingerprint density at radius 3 is 2.52 bits per heavy atom. The molecule has 0 aliphatic rings. The van der Waals surface area contributed by atoms with Crippen LogP contribution in [0.4, 0.5) is 19.0 Å². The summed E-state index contributed by atoms with van der Waals surface area (Å²) < 4.78 is 61.1. The molecule has 1 aromatic carbocycles. The summed E-state index contributed by atoms with van der Waals surface area (Å²) in [6.07, 6.45) is -3.52. The molecule has 0 unspecified atom stereocenters. The third-order valence-electron chi connectivity index (χ3n) is 3.83. The molecule has 0 fully saturated rings. The summed E-state index contributed by atoms with van der Waals surface area (Å²) in [4.78, 5) is 15.7. The Bertz CT molecular complexity index is 979. The fourth-order valence-corrected chi connectivity index (χ4v) is 2.88. The number of amides is 1. The molecule has 29 heavy (non-hydrogen) atoms. The first-order chi connectivity index (χ1) is 13.5. The van der Waals surface area contributed by atoms with Gasteiger partial charge in [0.2, 0.25) is 0 Å². The van der Waals surface area contributed by atoms with Crippen LogP contribution in [0.25, 0.3) is 0 Å². The molecule has 1 aromatic heterocycles. The van der Waals surface area contributed by atoms with Gasteiger partial charge in [-0.1, -0.05) is 12.1 Å². The van der Waals surface area contributed by atoms with Crippen LogP contribution in [0, 0.1) is 0 Å². The number of hydrogen-bond donors (Lipinski definition) is 3. The number of aromatic nitrogens is 1. The minimum atomic E-state index is -4.59. The fourth-order valence-electron chi connectivity index (χ4n) is 2.41. The predicted octanol–water partition coefficient (Wildman–Crippen LogP) is 1.95. The van der Waals surface area contributed by atoms with Crippen LogP contribution in [0.1, 0.15) is 27.2 Å². The van der Waals surface area contributed by atoms with Crippen molar-refractivity contribution in [3.63, 3.8) is 0 Å². The van der Waals surface area contributed by atoms with Crippen LogP contribution in [0.5, 0.6) is 0 Å². The number of carbonyl (C=O) groups is 1. The SMILES string of the molecule is CS(=O)(=O)CCNC(=O)c1cccc(CNc2cc(CN)cc(C(F)(F)F)n2)c1. The first-order valence-electron chi connectivity index (χ1n) is 8.55. The van der Waals surface area contributed by atoms with Gasteiger partial charge in [0.1, 0.15) is 21.3 Å². The average molecular weight is 430 g/mol. The average Bonchev–Trinajstić information content (AvgIpc) is 2.64. The number of pyridine rings is 1. The third-order valence-corrected chi connectivity index (χ3v) is 4.78. The number of alkyl halides is 3. The minimum Gasteiger partial charge on any atom is -0.366 e. The lowest BCUT2D eigenvalue weighted by atomic mass is 10.1. The Hall–Kier alpha value is -2.66. The molecule has 0 radical (unpaired) electrons. The van der Waals surface area contributed by atoms with Crippen molar-refractivity contribution in [3.05, 3.63) is 58.8 Å². The molecule has 2 rings (SSSR count). The maximum absolute atomic E-state index is 13.0. The van der Waals surface area contributed by atoms with Crippen molar-refractivity contribution in [2.45, 2.75) is 19.3 Å². The second kappa shape index (κ2) is 9.23. The van der Waals surface area contributed by atoms with E-state index in [1.54, 1.807) is 24.3 Å². The summed E-state index contributed by atoms with van der Waals surface area (Å²) in [5.41, 5.74) is 5.64. The topological polar surface area (TPSA) is 114 Å². The normalized spacial score (nSPS) is 11.9. The number of sulfone groups is 1. The molecule has 0 spiro atoms. The van der Waals surface area contributed by atoms with E-state index >= 15 is 0 Å². The molecule has 0 saturated carbocycles. The van der Waals surface area contributed by atoms with Crippen LogP contribution in [-0.2, 0) is 29.1 Å². The zero-order valence-corrected chi connectivity index (χ0v) is 16.4. The summed E-state index contributed by atoms with van der Waals surface area (Å²) >= 11 is 0. The van der Waals surface area contributed by atoms with Crippen molar-refractivity contribution >= 4 is 21.6 Å². The molecule has 0 atom stereocenters. The van der Waals surface area contributed by atoms with Gasteiger partial charge in [-0.3, -0.25) is 4.79 Å². The van der Waals surface area contributed by atoms with Crippen LogP contribution in [-0.4, -0.2) is 37.9 Å². The van der Waals surface area contributed by atoms with Gasteiger partial charge in [0, 0.05) is 31.5 Å². The highest BCUT2D eigenvalue weighted by Gasteiger charge is 2.33. The summed E-state index contributed by atoms with van der Waals surface area (Å²) in [7, 11) is -3.19. The van der Waals surface area contributed by atoms with Crippen LogP contribution in [0.15, 0.2) is 36.4 Å². The van der Waals surface area contributed by atoms with E-state index in [1.165, 1.54) is 6.07 Å². The zero-order valence-electron chi connectivity index (χ0n) is 15.6. The molecule has 11 heteroatoms. The van der Waals surface area contributed by atoms with Crippen molar-refractivity contribution in [2.75, 3.05) is 23.9 Å². The molecule has 1 heterocycles. The van der Waals surface area contributed by atoms with Gasteiger partial charge in [-0.15, -0.1) is 0 Å². The van der Waals surface area contributed by atoms with E-state index in [4.69, 9.17) is 5.73 Å². The second-order valence-corrected chi connectivity index (χ2v) is 8.65. The number of benzene rings is 1. The van der Waals surface area contributed by atoms with Crippen molar-refractivity contribution in [2.24, 2.45) is 5.73 Å². The van der Waals surface area contributed by atoms with E-state index in [2.05, 4.69) is 15.6 Å². The lowest BCUT2D eigenvalue weighted by Gasteiger charge is -2.12. The fraction of sp³-hybridized carbons (Fsp3) is 0.333. The number of rotatable bonds is 8. The van der Waals surface area contributed by atoms with Crippen molar-refractivity contribution in [3.8, 4) is 0 Å². The number of nitrogens with one attached hydrogen (secondary N) is 2. The van der Waals surface area contributed by atoms with E-state index in [0.717, 1.165) is 12.3 Å². The number of hydrogen-bond acceptors (Lipinski definition) is 6. The van der Waals surface area contributed by atoms with E-state index in [1.807, 2.05) is 0 Å². The maximum Gasteiger partial charge on any atom is 0.433 e. The molecule has 158 valence electrons. The molecule has 7 nitrogen and oxygen atoms in total. The molecule has 4 N–H and O–H groups in total. The van der Waals surface area contributed by atoms with E-state index in [-0.39, 0.29) is 36.8 Å². The zero-order chi connectivity index (χ0) is 21.7. The number of nitrogens with two attached hydrogens (primary N) is 1. The van der Waals surface area contributed by atoms with Gasteiger partial charge >= 0.3 is 6.18 Å². The van der Waals surface area contributed by atoms with Gasteiger partial charge in [-0.2, -0.15) is 13.2 Å². The third kappa shape index (κ3) is 7.35. The van der Waals surface area contributed by atoms with Gasteiger partial charge in [-0.05, 0) is 35.4 Å². The Morgan fingerprint density at radius 1 is 1.17 bits per heavy atom. The molecule has 0 aliphatic heterocycles. The molecule has 0 saturated heterocycles. The van der Waals surface area contributed by atoms with Gasteiger partial charge in [0.05, 0.1) is 5.75 Å². The lowest BCUT2D eigenvalue weighted by molar-refractivity contribution is -0.141. The van der Waals surface area contributed by atoms with Gasteiger partial charge in [-0.25, -0.2) is 13.4 Å². The standard InChI is InChI=1S/C18H21F3N4O3S/c1-29(27,28)6-5-23-17(26)14-4-2-3-12(7-14)11-24-16-9-13(10-22)8-15(25-16)18(19,20)21/h2-4,7-9H,5-6,10-11,22H2,1H3,(H,23,26)(H,24,25). The summed E-state index contributed by atoms with van der Waals surface area (Å²) in [5, 5.41) is 5.31. The van der Waals surface area contributed by atoms with Crippen molar-refractivity contribution in [1.29, 1.82) is 0 Å². The van der Waals surface area contributed by atoms with Crippen LogP contribution in [0.2, 0.25) is 0 Å². The van der Waals surface area contributed by atoms with Gasteiger partial charge in [0.25, 0.3) is 5.91 Å².